The topological polar surface area (TPSA) is 72.8 Å². The zero-order chi connectivity index (χ0) is 12.8. The van der Waals surface area contributed by atoms with Crippen LogP contribution >= 0.6 is 0 Å². The summed E-state index contributed by atoms with van der Waals surface area (Å²) in [6.45, 7) is 5.32. The lowest BCUT2D eigenvalue weighted by Crippen LogP contribution is -2.25. The van der Waals surface area contributed by atoms with Gasteiger partial charge < -0.3 is 14.6 Å². The van der Waals surface area contributed by atoms with Gasteiger partial charge in [-0.05, 0) is 27.2 Å². The molecule has 0 fully saturated rings. The zero-order valence-electron chi connectivity index (χ0n) is 10.3. The molecular formula is C11H20O5. The standard InChI is InChI=1S/C11H20O5/c1-11(2,3)16-9(13)6-5-8(12)7-10(14)15-4/h8,12H,5-7H2,1-4H3. The van der Waals surface area contributed by atoms with E-state index >= 15 is 0 Å². The second-order valence-corrected chi connectivity index (χ2v) is 4.56. The molecule has 0 aliphatic carbocycles. The minimum atomic E-state index is -0.861. The molecule has 0 rings (SSSR count). The van der Waals surface area contributed by atoms with E-state index in [9.17, 15) is 14.7 Å². The Bertz CT molecular complexity index is 241. The third-order valence-corrected chi connectivity index (χ3v) is 1.73. The van der Waals surface area contributed by atoms with Crippen molar-refractivity contribution < 1.29 is 24.2 Å². The van der Waals surface area contributed by atoms with Crippen LogP contribution in [-0.4, -0.2) is 35.9 Å². The summed E-state index contributed by atoms with van der Waals surface area (Å²) in [7, 11) is 1.25. The van der Waals surface area contributed by atoms with E-state index in [0.717, 1.165) is 0 Å². The quantitative estimate of drug-likeness (QED) is 0.717. The van der Waals surface area contributed by atoms with Gasteiger partial charge in [-0.1, -0.05) is 0 Å². The monoisotopic (exact) mass is 232 g/mol. The van der Waals surface area contributed by atoms with Crippen LogP contribution in [0, 0.1) is 0 Å². The zero-order valence-corrected chi connectivity index (χ0v) is 10.3. The molecule has 94 valence electrons. The van der Waals surface area contributed by atoms with Crippen molar-refractivity contribution in [2.75, 3.05) is 7.11 Å². The Balaban J connectivity index is 3.79. The van der Waals surface area contributed by atoms with Crippen molar-refractivity contribution in [1.29, 1.82) is 0 Å². The molecule has 0 aromatic rings. The van der Waals surface area contributed by atoms with Crippen molar-refractivity contribution in [3.8, 4) is 0 Å². The molecule has 0 saturated carbocycles. The molecule has 0 radical (unpaired) electrons. The van der Waals surface area contributed by atoms with Crippen LogP contribution in [0.5, 0.6) is 0 Å². The van der Waals surface area contributed by atoms with Gasteiger partial charge >= 0.3 is 11.9 Å². The highest BCUT2D eigenvalue weighted by atomic mass is 16.6. The van der Waals surface area contributed by atoms with Crippen molar-refractivity contribution in [2.24, 2.45) is 0 Å². The number of carbonyl (C=O) groups is 2. The van der Waals surface area contributed by atoms with Crippen LogP contribution in [0.25, 0.3) is 0 Å². The normalized spacial score (nSPS) is 13.1. The highest BCUT2D eigenvalue weighted by Crippen LogP contribution is 2.11. The molecule has 16 heavy (non-hydrogen) atoms. The second-order valence-electron chi connectivity index (χ2n) is 4.56. The summed E-state index contributed by atoms with van der Waals surface area (Å²) in [6, 6.07) is 0. The first-order chi connectivity index (χ1) is 7.24. The molecule has 5 nitrogen and oxygen atoms in total. The predicted molar refractivity (Wildman–Crippen MR) is 57.7 cm³/mol. The van der Waals surface area contributed by atoms with E-state index in [2.05, 4.69) is 4.74 Å². The van der Waals surface area contributed by atoms with E-state index in [1.54, 1.807) is 20.8 Å². The van der Waals surface area contributed by atoms with Gasteiger partial charge in [-0.3, -0.25) is 9.59 Å². The summed E-state index contributed by atoms with van der Waals surface area (Å²) in [5, 5.41) is 9.39. The second kappa shape index (κ2) is 6.48. The van der Waals surface area contributed by atoms with Gasteiger partial charge in [0.15, 0.2) is 0 Å². The van der Waals surface area contributed by atoms with Gasteiger partial charge in [0.05, 0.1) is 19.6 Å². The first-order valence-corrected chi connectivity index (χ1v) is 5.21. The van der Waals surface area contributed by atoms with E-state index in [1.165, 1.54) is 7.11 Å². The number of hydrogen-bond acceptors (Lipinski definition) is 5. The van der Waals surface area contributed by atoms with Crippen molar-refractivity contribution in [3.63, 3.8) is 0 Å². The number of aliphatic hydroxyl groups is 1. The Morgan fingerprint density at radius 3 is 2.25 bits per heavy atom. The summed E-state index contributed by atoms with van der Waals surface area (Å²) >= 11 is 0. The van der Waals surface area contributed by atoms with Crippen LogP contribution in [0.3, 0.4) is 0 Å². The molecule has 0 bridgehead atoms. The van der Waals surface area contributed by atoms with Gasteiger partial charge in [0.2, 0.25) is 0 Å². The molecule has 0 aromatic heterocycles. The van der Waals surface area contributed by atoms with Gasteiger partial charge in [0.1, 0.15) is 5.60 Å². The van der Waals surface area contributed by atoms with Crippen LogP contribution in [0.4, 0.5) is 0 Å². The van der Waals surface area contributed by atoms with Crippen LogP contribution in [0.15, 0.2) is 0 Å². The molecule has 0 amide bonds. The van der Waals surface area contributed by atoms with Crippen LogP contribution in [-0.2, 0) is 19.1 Å². The number of ether oxygens (including phenoxy) is 2. The molecule has 1 atom stereocenters. The minimum absolute atomic E-state index is 0.0927. The maximum atomic E-state index is 11.3. The highest BCUT2D eigenvalue weighted by molar-refractivity contribution is 5.71. The number of aliphatic hydroxyl groups excluding tert-OH is 1. The lowest BCUT2D eigenvalue weighted by atomic mass is 10.1. The average molecular weight is 232 g/mol. The van der Waals surface area contributed by atoms with Gasteiger partial charge in [0.25, 0.3) is 0 Å². The maximum Gasteiger partial charge on any atom is 0.308 e. The predicted octanol–water partition coefficient (Wildman–Crippen LogP) is 1.03. The van der Waals surface area contributed by atoms with Gasteiger partial charge in [-0.25, -0.2) is 0 Å². The molecule has 0 aliphatic rings. The Morgan fingerprint density at radius 1 is 1.25 bits per heavy atom. The number of hydrogen-bond donors (Lipinski definition) is 1. The number of methoxy groups -OCH3 is 1. The summed E-state index contributed by atoms with van der Waals surface area (Å²) in [5.74, 6) is -0.867. The summed E-state index contributed by atoms with van der Waals surface area (Å²) < 4.78 is 9.45. The first kappa shape index (κ1) is 14.9. The van der Waals surface area contributed by atoms with E-state index in [1.807, 2.05) is 0 Å². The largest absolute Gasteiger partial charge is 0.469 e. The lowest BCUT2D eigenvalue weighted by Gasteiger charge is -2.19. The number of esters is 2. The van der Waals surface area contributed by atoms with Crippen LogP contribution in [0.1, 0.15) is 40.0 Å². The molecule has 0 saturated heterocycles. The third-order valence-electron chi connectivity index (χ3n) is 1.73. The van der Waals surface area contributed by atoms with Crippen molar-refractivity contribution >= 4 is 11.9 Å². The van der Waals surface area contributed by atoms with Crippen LogP contribution < -0.4 is 0 Å². The van der Waals surface area contributed by atoms with Gasteiger partial charge in [-0.2, -0.15) is 0 Å². The van der Waals surface area contributed by atoms with E-state index in [0.29, 0.717) is 0 Å². The van der Waals surface area contributed by atoms with Crippen LogP contribution in [0.2, 0.25) is 0 Å². The fourth-order valence-electron chi connectivity index (χ4n) is 1.05. The third kappa shape index (κ3) is 8.23. The molecule has 0 heterocycles. The smallest absolute Gasteiger partial charge is 0.308 e. The number of carbonyl (C=O) groups excluding carboxylic acids is 2. The van der Waals surface area contributed by atoms with Crippen molar-refractivity contribution in [2.45, 2.75) is 51.7 Å². The SMILES string of the molecule is COC(=O)CC(O)CCC(=O)OC(C)(C)C. The van der Waals surface area contributed by atoms with E-state index in [4.69, 9.17) is 4.74 Å². The minimum Gasteiger partial charge on any atom is -0.469 e. The van der Waals surface area contributed by atoms with Crippen molar-refractivity contribution in [1.82, 2.24) is 0 Å². The maximum absolute atomic E-state index is 11.3. The molecule has 5 heteroatoms. The fraction of sp³-hybridized carbons (Fsp3) is 0.818. The van der Waals surface area contributed by atoms with Gasteiger partial charge in [0, 0.05) is 6.42 Å². The Kier molecular flexibility index (Phi) is 6.03. The summed E-state index contributed by atoms with van der Waals surface area (Å²) in [5.41, 5.74) is -0.523. The Labute approximate surface area is 95.7 Å². The van der Waals surface area contributed by atoms with E-state index in [-0.39, 0.29) is 25.2 Å². The molecule has 0 aliphatic heterocycles. The average Bonchev–Trinajstić information content (AvgIpc) is 2.12. The molecule has 0 aromatic carbocycles. The Morgan fingerprint density at radius 2 is 1.81 bits per heavy atom. The highest BCUT2D eigenvalue weighted by Gasteiger charge is 2.18. The molecular weight excluding hydrogens is 212 g/mol. The number of rotatable bonds is 5. The fourth-order valence-corrected chi connectivity index (χ4v) is 1.05. The van der Waals surface area contributed by atoms with Crippen molar-refractivity contribution in [3.05, 3.63) is 0 Å². The van der Waals surface area contributed by atoms with E-state index < -0.39 is 17.7 Å². The Hall–Kier alpha value is -1.10. The lowest BCUT2D eigenvalue weighted by molar-refractivity contribution is -0.156. The summed E-state index contributed by atoms with van der Waals surface area (Å²) in [4.78, 5) is 22.1. The van der Waals surface area contributed by atoms with Gasteiger partial charge in [-0.15, -0.1) is 0 Å². The molecule has 1 unspecified atom stereocenters. The molecule has 0 spiro atoms. The molecule has 1 N–H and O–H groups in total. The first-order valence-electron chi connectivity index (χ1n) is 5.21. The summed E-state index contributed by atoms with van der Waals surface area (Å²) in [6.07, 6.45) is -0.668.